The summed E-state index contributed by atoms with van der Waals surface area (Å²) in [7, 11) is 0. The van der Waals surface area contributed by atoms with Crippen LogP contribution in [0.3, 0.4) is 0 Å². The number of piperidine rings is 1. The minimum atomic E-state index is -0.416. The van der Waals surface area contributed by atoms with E-state index in [4.69, 9.17) is 0 Å². The van der Waals surface area contributed by atoms with E-state index in [0.717, 1.165) is 24.9 Å². The Labute approximate surface area is 150 Å². The third-order valence-corrected chi connectivity index (χ3v) is 4.55. The summed E-state index contributed by atoms with van der Waals surface area (Å²) in [6.07, 6.45) is 7.59. The SMILES string of the molecule is C=CC[C@H](NC(=O)[C@@H]1CCCN(C(=O)C(C)(C)C)C1)c1ccncc1. The number of pyridine rings is 1. The predicted octanol–water partition coefficient (Wildman–Crippen LogP) is 3.10. The first-order valence-corrected chi connectivity index (χ1v) is 8.93. The lowest BCUT2D eigenvalue weighted by atomic mass is 9.90. The molecule has 2 amide bonds. The lowest BCUT2D eigenvalue weighted by Crippen LogP contribution is -2.49. The van der Waals surface area contributed by atoms with E-state index in [-0.39, 0.29) is 23.8 Å². The predicted molar refractivity (Wildman–Crippen MR) is 98.7 cm³/mol. The summed E-state index contributed by atoms with van der Waals surface area (Å²) in [5, 5.41) is 3.13. The number of aromatic nitrogens is 1. The Morgan fingerprint density at radius 2 is 2.08 bits per heavy atom. The minimum absolute atomic E-state index is 0.00933. The number of carbonyl (C=O) groups is 2. The van der Waals surface area contributed by atoms with Gasteiger partial charge in [0.05, 0.1) is 12.0 Å². The number of nitrogens with zero attached hydrogens (tertiary/aromatic N) is 2. The Bertz CT molecular complexity index is 607. The molecule has 0 bridgehead atoms. The maximum atomic E-state index is 12.8. The van der Waals surface area contributed by atoms with Crippen LogP contribution in [0.5, 0.6) is 0 Å². The van der Waals surface area contributed by atoms with E-state index >= 15 is 0 Å². The molecular formula is C20H29N3O2. The third-order valence-electron chi connectivity index (χ3n) is 4.55. The van der Waals surface area contributed by atoms with Crippen molar-refractivity contribution >= 4 is 11.8 Å². The second kappa shape index (κ2) is 8.28. The fourth-order valence-corrected chi connectivity index (χ4v) is 3.18. The molecule has 0 aromatic carbocycles. The molecule has 1 N–H and O–H groups in total. The molecule has 0 radical (unpaired) electrons. The zero-order valence-electron chi connectivity index (χ0n) is 15.5. The molecule has 1 saturated heterocycles. The number of carbonyl (C=O) groups excluding carboxylic acids is 2. The van der Waals surface area contributed by atoms with Gasteiger partial charge in [0, 0.05) is 30.9 Å². The standard InChI is InChI=1S/C20H29N3O2/c1-5-7-17(15-9-11-21-12-10-15)22-18(24)16-8-6-13-23(14-16)19(25)20(2,3)4/h5,9-12,16-17H,1,6-8,13-14H2,2-4H3,(H,22,24)/t16-,17+/m1/s1. The zero-order valence-corrected chi connectivity index (χ0v) is 15.5. The van der Waals surface area contributed by atoms with Crippen LogP contribution in [-0.2, 0) is 9.59 Å². The number of rotatable bonds is 5. The molecule has 136 valence electrons. The van der Waals surface area contributed by atoms with Gasteiger partial charge in [-0.2, -0.15) is 0 Å². The van der Waals surface area contributed by atoms with Crippen molar-refractivity contribution in [2.45, 2.75) is 46.1 Å². The van der Waals surface area contributed by atoms with Gasteiger partial charge in [0.25, 0.3) is 0 Å². The number of likely N-dealkylation sites (tertiary alicyclic amines) is 1. The first-order chi connectivity index (χ1) is 11.8. The van der Waals surface area contributed by atoms with Gasteiger partial charge in [-0.05, 0) is 37.0 Å². The number of hydrogen-bond acceptors (Lipinski definition) is 3. The maximum Gasteiger partial charge on any atom is 0.227 e. The van der Waals surface area contributed by atoms with E-state index in [0.29, 0.717) is 13.0 Å². The monoisotopic (exact) mass is 343 g/mol. The second-order valence-corrected chi connectivity index (χ2v) is 7.71. The molecule has 0 spiro atoms. The Kier molecular flexibility index (Phi) is 6.34. The summed E-state index contributed by atoms with van der Waals surface area (Å²) in [6.45, 7) is 10.8. The van der Waals surface area contributed by atoms with E-state index in [1.165, 1.54) is 0 Å². The lowest BCUT2D eigenvalue weighted by Gasteiger charge is -2.36. The highest BCUT2D eigenvalue weighted by molar-refractivity contribution is 5.84. The van der Waals surface area contributed by atoms with Crippen LogP contribution in [0.15, 0.2) is 37.2 Å². The van der Waals surface area contributed by atoms with Crippen LogP contribution in [0.2, 0.25) is 0 Å². The van der Waals surface area contributed by atoms with Crippen LogP contribution in [-0.4, -0.2) is 34.8 Å². The van der Waals surface area contributed by atoms with Crippen molar-refractivity contribution in [1.29, 1.82) is 0 Å². The molecule has 1 aromatic rings. The summed E-state index contributed by atoms with van der Waals surface area (Å²) in [6, 6.07) is 3.71. The zero-order chi connectivity index (χ0) is 18.4. The second-order valence-electron chi connectivity index (χ2n) is 7.71. The van der Waals surface area contributed by atoms with Crippen molar-refractivity contribution in [3.63, 3.8) is 0 Å². The van der Waals surface area contributed by atoms with Crippen molar-refractivity contribution in [3.05, 3.63) is 42.7 Å². The van der Waals surface area contributed by atoms with Crippen LogP contribution in [0.25, 0.3) is 0 Å². The minimum Gasteiger partial charge on any atom is -0.349 e. The molecule has 1 fully saturated rings. The first kappa shape index (κ1) is 19.2. The van der Waals surface area contributed by atoms with Crippen molar-refractivity contribution < 1.29 is 9.59 Å². The number of hydrogen-bond donors (Lipinski definition) is 1. The normalized spacial score (nSPS) is 19.2. The van der Waals surface area contributed by atoms with Gasteiger partial charge >= 0.3 is 0 Å². The molecule has 25 heavy (non-hydrogen) atoms. The van der Waals surface area contributed by atoms with Crippen molar-refractivity contribution in [3.8, 4) is 0 Å². The highest BCUT2D eigenvalue weighted by atomic mass is 16.2. The van der Waals surface area contributed by atoms with Gasteiger partial charge in [-0.1, -0.05) is 26.8 Å². The molecule has 2 heterocycles. The Balaban J connectivity index is 2.03. The van der Waals surface area contributed by atoms with Gasteiger partial charge in [0.15, 0.2) is 0 Å². The van der Waals surface area contributed by atoms with Gasteiger partial charge in [0.1, 0.15) is 0 Å². The number of amides is 2. The molecule has 2 rings (SSSR count). The average Bonchev–Trinajstić information content (AvgIpc) is 2.60. The summed E-state index contributed by atoms with van der Waals surface area (Å²) in [4.78, 5) is 31.1. The van der Waals surface area contributed by atoms with E-state index in [1.54, 1.807) is 12.4 Å². The molecule has 0 saturated carbocycles. The summed E-state index contributed by atoms with van der Waals surface area (Å²) >= 11 is 0. The average molecular weight is 343 g/mol. The van der Waals surface area contributed by atoms with Crippen LogP contribution in [0, 0.1) is 11.3 Å². The van der Waals surface area contributed by atoms with Crippen molar-refractivity contribution in [2.24, 2.45) is 11.3 Å². The van der Waals surface area contributed by atoms with Crippen LogP contribution in [0.1, 0.15) is 51.6 Å². The van der Waals surface area contributed by atoms with Crippen molar-refractivity contribution in [1.82, 2.24) is 15.2 Å². The maximum absolute atomic E-state index is 12.8. The molecule has 5 heteroatoms. The number of nitrogens with one attached hydrogen (secondary N) is 1. The largest absolute Gasteiger partial charge is 0.349 e. The Morgan fingerprint density at radius 1 is 1.40 bits per heavy atom. The highest BCUT2D eigenvalue weighted by Crippen LogP contribution is 2.25. The van der Waals surface area contributed by atoms with E-state index in [9.17, 15) is 9.59 Å². The summed E-state index contributed by atoms with van der Waals surface area (Å²) in [5.74, 6) is -0.0361. The molecule has 5 nitrogen and oxygen atoms in total. The summed E-state index contributed by atoms with van der Waals surface area (Å²) in [5.41, 5.74) is 0.600. The van der Waals surface area contributed by atoms with Crippen LogP contribution < -0.4 is 5.32 Å². The molecule has 0 aliphatic carbocycles. The summed E-state index contributed by atoms with van der Waals surface area (Å²) < 4.78 is 0. The molecular weight excluding hydrogens is 314 g/mol. The van der Waals surface area contributed by atoms with Crippen molar-refractivity contribution in [2.75, 3.05) is 13.1 Å². The molecule has 1 aromatic heterocycles. The van der Waals surface area contributed by atoms with Gasteiger partial charge in [0.2, 0.25) is 11.8 Å². The van der Waals surface area contributed by atoms with E-state index < -0.39 is 5.41 Å². The topological polar surface area (TPSA) is 62.3 Å². The smallest absolute Gasteiger partial charge is 0.227 e. The fraction of sp³-hybridized carbons (Fsp3) is 0.550. The van der Waals surface area contributed by atoms with Gasteiger partial charge in [-0.25, -0.2) is 0 Å². The van der Waals surface area contributed by atoms with E-state index in [1.807, 2.05) is 43.9 Å². The lowest BCUT2D eigenvalue weighted by molar-refractivity contribution is -0.142. The van der Waals surface area contributed by atoms with Gasteiger partial charge in [-0.3, -0.25) is 14.6 Å². The quantitative estimate of drug-likeness (QED) is 0.836. The van der Waals surface area contributed by atoms with Gasteiger partial charge in [-0.15, -0.1) is 6.58 Å². The van der Waals surface area contributed by atoms with Crippen LogP contribution >= 0.6 is 0 Å². The van der Waals surface area contributed by atoms with Gasteiger partial charge < -0.3 is 10.2 Å². The molecule has 1 aliphatic rings. The molecule has 1 aliphatic heterocycles. The molecule has 2 atom stereocenters. The van der Waals surface area contributed by atoms with Crippen LogP contribution in [0.4, 0.5) is 0 Å². The first-order valence-electron chi connectivity index (χ1n) is 8.93. The third kappa shape index (κ3) is 5.15. The van der Waals surface area contributed by atoms with E-state index in [2.05, 4.69) is 16.9 Å². The molecule has 0 unspecified atom stereocenters. The highest BCUT2D eigenvalue weighted by Gasteiger charge is 2.33. The Hall–Kier alpha value is -2.17. The fourth-order valence-electron chi connectivity index (χ4n) is 3.18. The Morgan fingerprint density at radius 3 is 2.68 bits per heavy atom.